The molecule has 0 spiro atoms. The number of rotatable bonds is 9. The van der Waals surface area contributed by atoms with Gasteiger partial charge in [0.1, 0.15) is 17.1 Å². The van der Waals surface area contributed by atoms with Crippen molar-refractivity contribution in [2.75, 3.05) is 26.6 Å². The Morgan fingerprint density at radius 1 is 0.974 bits per heavy atom. The standard InChI is InChI=1S/C30H33ClN4O4/c1-37-27-16-28(38-2)25(31)15-24(27)26-18-35-13-12-23(14-29(35)34-26)33-22-10-8-21(9-11-22)32-17-19-4-6-20(7-5-19)30(36)39-3/h4-7,12-16,18,21-22,32-33H,8-11,17H2,1-3H3/t21-,22+. The summed E-state index contributed by atoms with van der Waals surface area (Å²) >= 11 is 6.38. The molecule has 1 fully saturated rings. The smallest absolute Gasteiger partial charge is 0.337 e. The Balaban J connectivity index is 1.17. The van der Waals surface area contributed by atoms with Crippen LogP contribution in [0.2, 0.25) is 5.02 Å². The molecular weight excluding hydrogens is 516 g/mol. The molecule has 5 rings (SSSR count). The summed E-state index contributed by atoms with van der Waals surface area (Å²) in [7, 11) is 4.60. The van der Waals surface area contributed by atoms with E-state index >= 15 is 0 Å². The maximum absolute atomic E-state index is 11.6. The number of methoxy groups -OCH3 is 3. The van der Waals surface area contributed by atoms with E-state index in [2.05, 4.69) is 22.8 Å². The Morgan fingerprint density at radius 2 is 1.69 bits per heavy atom. The predicted molar refractivity (Wildman–Crippen MR) is 153 cm³/mol. The van der Waals surface area contributed by atoms with E-state index in [4.69, 9.17) is 30.8 Å². The quantitative estimate of drug-likeness (QED) is 0.249. The largest absolute Gasteiger partial charge is 0.496 e. The molecule has 2 aromatic heterocycles. The molecule has 0 amide bonds. The Labute approximate surface area is 233 Å². The van der Waals surface area contributed by atoms with Gasteiger partial charge in [0, 0.05) is 54.4 Å². The second kappa shape index (κ2) is 12.0. The average Bonchev–Trinajstić information content (AvgIpc) is 3.40. The highest BCUT2D eigenvalue weighted by molar-refractivity contribution is 6.32. The van der Waals surface area contributed by atoms with Gasteiger partial charge >= 0.3 is 5.97 Å². The topological polar surface area (TPSA) is 86.1 Å². The van der Waals surface area contributed by atoms with Gasteiger partial charge in [-0.15, -0.1) is 0 Å². The molecule has 0 atom stereocenters. The van der Waals surface area contributed by atoms with Crippen LogP contribution in [-0.2, 0) is 11.3 Å². The maximum Gasteiger partial charge on any atom is 0.337 e. The molecule has 0 radical (unpaired) electrons. The molecule has 0 unspecified atom stereocenters. The van der Waals surface area contributed by atoms with Gasteiger partial charge in [0.05, 0.1) is 37.6 Å². The Hall–Kier alpha value is -3.75. The number of aromatic nitrogens is 2. The van der Waals surface area contributed by atoms with Crippen molar-refractivity contribution in [1.82, 2.24) is 14.7 Å². The highest BCUT2D eigenvalue weighted by Crippen LogP contribution is 2.38. The summed E-state index contributed by atoms with van der Waals surface area (Å²) in [5.74, 6) is 0.906. The van der Waals surface area contributed by atoms with E-state index in [1.54, 1.807) is 20.3 Å². The summed E-state index contributed by atoms with van der Waals surface area (Å²) in [6.45, 7) is 0.785. The first-order valence-electron chi connectivity index (χ1n) is 13.0. The lowest BCUT2D eigenvalue weighted by atomic mass is 9.91. The van der Waals surface area contributed by atoms with Crippen LogP contribution in [0.5, 0.6) is 11.5 Å². The first kappa shape index (κ1) is 26.8. The number of ether oxygens (including phenoxy) is 3. The van der Waals surface area contributed by atoms with E-state index < -0.39 is 0 Å². The van der Waals surface area contributed by atoms with E-state index in [1.807, 2.05) is 47.1 Å². The monoisotopic (exact) mass is 548 g/mol. The first-order valence-corrected chi connectivity index (χ1v) is 13.4. The minimum Gasteiger partial charge on any atom is -0.496 e. The van der Waals surface area contributed by atoms with Gasteiger partial charge in [-0.3, -0.25) is 0 Å². The number of halogens is 1. The second-order valence-electron chi connectivity index (χ2n) is 9.76. The molecule has 2 N–H and O–H groups in total. The fraction of sp³-hybridized carbons (Fsp3) is 0.333. The number of esters is 1. The van der Waals surface area contributed by atoms with Crippen LogP contribution in [0, 0.1) is 0 Å². The molecular formula is C30H33ClN4O4. The fourth-order valence-corrected chi connectivity index (χ4v) is 5.32. The van der Waals surface area contributed by atoms with Crippen LogP contribution >= 0.6 is 11.6 Å². The average molecular weight is 549 g/mol. The van der Waals surface area contributed by atoms with E-state index in [0.29, 0.717) is 34.2 Å². The molecule has 0 aliphatic heterocycles. The number of fused-ring (bicyclic) bond motifs is 1. The van der Waals surface area contributed by atoms with Crippen LogP contribution in [0.25, 0.3) is 16.9 Å². The van der Waals surface area contributed by atoms with Gasteiger partial charge in [0.25, 0.3) is 0 Å². The molecule has 4 aromatic rings. The number of nitrogens with zero attached hydrogens (tertiary/aromatic N) is 2. The highest BCUT2D eigenvalue weighted by atomic mass is 35.5. The van der Waals surface area contributed by atoms with Crippen molar-refractivity contribution in [2.45, 2.75) is 44.3 Å². The molecule has 1 aliphatic rings. The van der Waals surface area contributed by atoms with E-state index in [-0.39, 0.29) is 5.97 Å². The van der Waals surface area contributed by atoms with E-state index in [0.717, 1.165) is 60.4 Å². The number of benzene rings is 2. The Bertz CT molecular complexity index is 1450. The van der Waals surface area contributed by atoms with Crippen molar-refractivity contribution in [3.05, 3.63) is 77.1 Å². The van der Waals surface area contributed by atoms with Gasteiger partial charge in [0.15, 0.2) is 0 Å². The summed E-state index contributed by atoms with van der Waals surface area (Å²) in [5.41, 5.74) is 5.22. The van der Waals surface area contributed by atoms with Crippen molar-refractivity contribution in [1.29, 1.82) is 0 Å². The number of hydrogen-bond donors (Lipinski definition) is 2. The van der Waals surface area contributed by atoms with Crippen molar-refractivity contribution >= 4 is 28.9 Å². The minimum absolute atomic E-state index is 0.310. The Kier molecular flexibility index (Phi) is 8.24. The normalized spacial score (nSPS) is 17.1. The van der Waals surface area contributed by atoms with Gasteiger partial charge in [-0.1, -0.05) is 23.7 Å². The van der Waals surface area contributed by atoms with Crippen molar-refractivity contribution in [3.8, 4) is 22.8 Å². The third-order valence-electron chi connectivity index (χ3n) is 7.28. The predicted octanol–water partition coefficient (Wildman–Crippen LogP) is 5.97. The number of carbonyl (C=O) groups is 1. The Morgan fingerprint density at radius 3 is 2.38 bits per heavy atom. The summed E-state index contributed by atoms with van der Waals surface area (Å²) in [6, 6.07) is 16.2. The minimum atomic E-state index is -0.310. The van der Waals surface area contributed by atoms with Crippen LogP contribution < -0.4 is 20.1 Å². The summed E-state index contributed by atoms with van der Waals surface area (Å²) in [6.07, 6.45) is 8.37. The molecule has 2 aromatic carbocycles. The van der Waals surface area contributed by atoms with Crippen LogP contribution in [0.4, 0.5) is 5.69 Å². The van der Waals surface area contributed by atoms with Gasteiger partial charge in [-0.25, -0.2) is 9.78 Å². The third kappa shape index (κ3) is 6.13. The number of hydrogen-bond acceptors (Lipinski definition) is 7. The molecule has 204 valence electrons. The summed E-state index contributed by atoms with van der Waals surface area (Å²) in [4.78, 5) is 16.4. The fourth-order valence-electron chi connectivity index (χ4n) is 5.08. The van der Waals surface area contributed by atoms with E-state index in [9.17, 15) is 4.79 Å². The van der Waals surface area contributed by atoms with Crippen molar-refractivity contribution in [3.63, 3.8) is 0 Å². The van der Waals surface area contributed by atoms with Crippen molar-refractivity contribution < 1.29 is 19.0 Å². The molecule has 1 saturated carbocycles. The lowest BCUT2D eigenvalue weighted by Crippen LogP contribution is -2.36. The zero-order valence-corrected chi connectivity index (χ0v) is 23.1. The van der Waals surface area contributed by atoms with Crippen molar-refractivity contribution in [2.24, 2.45) is 0 Å². The molecule has 2 heterocycles. The van der Waals surface area contributed by atoms with Gasteiger partial charge in [-0.2, -0.15) is 0 Å². The number of carbonyl (C=O) groups excluding carboxylic acids is 1. The maximum atomic E-state index is 11.6. The molecule has 0 bridgehead atoms. The lowest BCUT2D eigenvalue weighted by molar-refractivity contribution is 0.0600. The van der Waals surface area contributed by atoms with Crippen LogP contribution in [0.1, 0.15) is 41.6 Å². The van der Waals surface area contributed by atoms with Gasteiger partial charge in [0.2, 0.25) is 0 Å². The number of nitrogens with one attached hydrogen (secondary N) is 2. The molecule has 8 nitrogen and oxygen atoms in total. The third-order valence-corrected chi connectivity index (χ3v) is 7.57. The second-order valence-corrected chi connectivity index (χ2v) is 10.2. The van der Waals surface area contributed by atoms with Crippen LogP contribution in [-0.4, -0.2) is 48.8 Å². The highest BCUT2D eigenvalue weighted by Gasteiger charge is 2.21. The number of anilines is 1. The zero-order valence-electron chi connectivity index (χ0n) is 22.4. The molecule has 0 saturated heterocycles. The van der Waals surface area contributed by atoms with Crippen LogP contribution in [0.15, 0.2) is 60.9 Å². The summed E-state index contributed by atoms with van der Waals surface area (Å²) < 4.78 is 17.6. The molecule has 1 aliphatic carbocycles. The van der Waals surface area contributed by atoms with E-state index in [1.165, 1.54) is 7.11 Å². The number of pyridine rings is 1. The molecule has 39 heavy (non-hydrogen) atoms. The number of imidazole rings is 1. The van der Waals surface area contributed by atoms with Crippen LogP contribution in [0.3, 0.4) is 0 Å². The SMILES string of the molecule is COC(=O)c1ccc(CN[C@H]2CC[C@@H](Nc3ccn4cc(-c5cc(Cl)c(OC)cc5OC)nc4c3)CC2)cc1. The first-order chi connectivity index (χ1) is 19.0. The molecule has 9 heteroatoms. The zero-order chi connectivity index (χ0) is 27.4. The van der Waals surface area contributed by atoms with Gasteiger partial charge in [-0.05, 0) is 55.5 Å². The lowest BCUT2D eigenvalue weighted by Gasteiger charge is -2.30. The van der Waals surface area contributed by atoms with Gasteiger partial charge < -0.3 is 29.2 Å². The summed E-state index contributed by atoms with van der Waals surface area (Å²) in [5, 5.41) is 7.87.